The fourth-order valence-electron chi connectivity index (χ4n) is 1.51. The van der Waals surface area contributed by atoms with Crippen LogP contribution in [0.1, 0.15) is 42.0 Å². The van der Waals surface area contributed by atoms with Crippen LogP contribution in [0, 0.1) is 6.92 Å². The van der Waals surface area contributed by atoms with Gasteiger partial charge in [0, 0.05) is 11.4 Å². The van der Waals surface area contributed by atoms with Gasteiger partial charge in [-0.3, -0.25) is 4.79 Å². The Morgan fingerprint density at radius 1 is 1.53 bits per heavy atom. The van der Waals surface area contributed by atoms with E-state index < -0.39 is 0 Å². The standard InChI is InChI=1S/C12H18BrN3O/c1-4-11-10(7-9(3)15-16-11)12(17)14-8(2)5-6-13/h7-8H,4-6H2,1-3H3,(H,14,17). The third kappa shape index (κ3) is 4.07. The Balaban J connectivity index is 2.83. The Morgan fingerprint density at radius 2 is 2.24 bits per heavy atom. The van der Waals surface area contributed by atoms with Crippen LogP contribution < -0.4 is 5.32 Å². The summed E-state index contributed by atoms with van der Waals surface area (Å²) in [6, 6.07) is 1.95. The number of carbonyl (C=O) groups excluding carboxylic acids is 1. The molecule has 0 spiro atoms. The minimum atomic E-state index is -0.0618. The molecule has 0 bridgehead atoms. The fourth-order valence-corrected chi connectivity index (χ4v) is 2.20. The van der Waals surface area contributed by atoms with E-state index in [0.29, 0.717) is 12.0 Å². The maximum Gasteiger partial charge on any atom is 0.253 e. The number of nitrogens with zero attached hydrogens (tertiary/aromatic N) is 2. The van der Waals surface area contributed by atoms with E-state index in [9.17, 15) is 4.79 Å². The smallest absolute Gasteiger partial charge is 0.253 e. The second kappa shape index (κ2) is 6.69. The molecule has 0 aromatic carbocycles. The summed E-state index contributed by atoms with van der Waals surface area (Å²) in [6.45, 7) is 5.80. The van der Waals surface area contributed by atoms with Gasteiger partial charge in [-0.05, 0) is 32.8 Å². The summed E-state index contributed by atoms with van der Waals surface area (Å²) < 4.78 is 0. The molecule has 17 heavy (non-hydrogen) atoms. The number of alkyl halides is 1. The molecule has 0 aliphatic heterocycles. The molecule has 1 aromatic heterocycles. The first-order valence-corrected chi connectivity index (χ1v) is 6.90. The molecule has 1 N–H and O–H groups in total. The summed E-state index contributed by atoms with van der Waals surface area (Å²) in [6.07, 6.45) is 1.62. The number of aryl methyl sites for hydroxylation is 2. The summed E-state index contributed by atoms with van der Waals surface area (Å²) in [5, 5.41) is 11.9. The van der Waals surface area contributed by atoms with Gasteiger partial charge >= 0.3 is 0 Å². The summed E-state index contributed by atoms with van der Waals surface area (Å²) in [7, 11) is 0. The van der Waals surface area contributed by atoms with Crippen molar-refractivity contribution in [2.45, 2.75) is 39.7 Å². The number of nitrogens with one attached hydrogen (secondary N) is 1. The van der Waals surface area contributed by atoms with E-state index in [1.165, 1.54) is 0 Å². The lowest BCUT2D eigenvalue weighted by atomic mass is 10.1. The molecule has 1 rings (SSSR count). The lowest BCUT2D eigenvalue weighted by Gasteiger charge is -2.13. The number of aromatic nitrogens is 2. The second-order valence-electron chi connectivity index (χ2n) is 4.05. The predicted molar refractivity (Wildman–Crippen MR) is 71.5 cm³/mol. The van der Waals surface area contributed by atoms with Gasteiger partial charge in [0.2, 0.25) is 0 Å². The van der Waals surface area contributed by atoms with Gasteiger partial charge in [0.15, 0.2) is 0 Å². The van der Waals surface area contributed by atoms with E-state index in [4.69, 9.17) is 0 Å². The van der Waals surface area contributed by atoms with Crippen molar-refractivity contribution in [2.75, 3.05) is 5.33 Å². The number of hydrogen-bond acceptors (Lipinski definition) is 3. The lowest BCUT2D eigenvalue weighted by molar-refractivity contribution is 0.0938. The van der Waals surface area contributed by atoms with Crippen LogP contribution in [0.15, 0.2) is 6.07 Å². The summed E-state index contributed by atoms with van der Waals surface area (Å²) in [4.78, 5) is 12.1. The average Bonchev–Trinajstić information content (AvgIpc) is 2.29. The normalized spacial score (nSPS) is 12.2. The maximum atomic E-state index is 12.1. The highest BCUT2D eigenvalue weighted by Crippen LogP contribution is 2.08. The number of amides is 1. The van der Waals surface area contributed by atoms with Crippen LogP contribution in [0.2, 0.25) is 0 Å². The van der Waals surface area contributed by atoms with Crippen molar-refractivity contribution in [1.82, 2.24) is 15.5 Å². The monoisotopic (exact) mass is 299 g/mol. The Bertz CT molecular complexity index is 395. The molecule has 0 radical (unpaired) electrons. The zero-order chi connectivity index (χ0) is 12.8. The molecule has 1 amide bonds. The lowest BCUT2D eigenvalue weighted by Crippen LogP contribution is -2.33. The Hall–Kier alpha value is -0.970. The van der Waals surface area contributed by atoms with Crippen molar-refractivity contribution in [3.8, 4) is 0 Å². The van der Waals surface area contributed by atoms with E-state index in [-0.39, 0.29) is 11.9 Å². The summed E-state index contributed by atoms with van der Waals surface area (Å²) in [5.74, 6) is -0.0618. The molecule has 1 unspecified atom stereocenters. The molecule has 1 atom stereocenters. The van der Waals surface area contributed by atoms with Gasteiger partial charge in [-0.25, -0.2) is 0 Å². The van der Waals surface area contributed by atoms with E-state index in [1.54, 1.807) is 6.07 Å². The summed E-state index contributed by atoms with van der Waals surface area (Å²) in [5.41, 5.74) is 2.15. The van der Waals surface area contributed by atoms with Crippen LogP contribution in [0.4, 0.5) is 0 Å². The first-order chi connectivity index (χ1) is 8.08. The Labute approximate surface area is 110 Å². The highest BCUT2D eigenvalue weighted by Gasteiger charge is 2.14. The Kier molecular flexibility index (Phi) is 5.55. The third-order valence-electron chi connectivity index (χ3n) is 2.49. The number of rotatable bonds is 5. The molecule has 4 nitrogen and oxygen atoms in total. The zero-order valence-electron chi connectivity index (χ0n) is 10.5. The SMILES string of the molecule is CCc1nnc(C)cc1C(=O)NC(C)CCBr. The molecule has 94 valence electrons. The van der Waals surface area contributed by atoms with Crippen molar-refractivity contribution in [3.63, 3.8) is 0 Å². The van der Waals surface area contributed by atoms with Crippen LogP contribution in [-0.2, 0) is 6.42 Å². The molecule has 0 aliphatic carbocycles. The molecule has 0 aliphatic rings. The van der Waals surface area contributed by atoms with Crippen molar-refractivity contribution >= 4 is 21.8 Å². The van der Waals surface area contributed by atoms with Gasteiger partial charge in [-0.1, -0.05) is 22.9 Å². The zero-order valence-corrected chi connectivity index (χ0v) is 12.0. The maximum absolute atomic E-state index is 12.1. The molecule has 0 saturated carbocycles. The highest BCUT2D eigenvalue weighted by atomic mass is 79.9. The van der Waals surface area contributed by atoms with Gasteiger partial charge in [-0.2, -0.15) is 10.2 Å². The van der Waals surface area contributed by atoms with Crippen molar-refractivity contribution in [1.29, 1.82) is 0 Å². The van der Waals surface area contributed by atoms with E-state index >= 15 is 0 Å². The van der Waals surface area contributed by atoms with Gasteiger partial charge in [0.05, 0.1) is 17.0 Å². The van der Waals surface area contributed by atoms with Crippen molar-refractivity contribution in [2.24, 2.45) is 0 Å². The number of hydrogen-bond donors (Lipinski definition) is 1. The Morgan fingerprint density at radius 3 is 2.82 bits per heavy atom. The first kappa shape index (κ1) is 14.1. The molecule has 1 aromatic rings. The molecular formula is C12H18BrN3O. The fraction of sp³-hybridized carbons (Fsp3) is 0.583. The van der Waals surface area contributed by atoms with Gasteiger partial charge in [0.25, 0.3) is 5.91 Å². The molecule has 1 heterocycles. The van der Waals surface area contributed by atoms with E-state index in [1.807, 2.05) is 20.8 Å². The van der Waals surface area contributed by atoms with E-state index in [2.05, 4.69) is 31.4 Å². The van der Waals surface area contributed by atoms with Crippen LogP contribution in [-0.4, -0.2) is 27.5 Å². The largest absolute Gasteiger partial charge is 0.349 e. The third-order valence-corrected chi connectivity index (χ3v) is 2.95. The minimum Gasteiger partial charge on any atom is -0.349 e. The molecule has 0 saturated heterocycles. The topological polar surface area (TPSA) is 54.9 Å². The number of halogens is 1. The average molecular weight is 300 g/mol. The first-order valence-electron chi connectivity index (χ1n) is 5.78. The summed E-state index contributed by atoms with van der Waals surface area (Å²) >= 11 is 3.36. The van der Waals surface area contributed by atoms with Crippen LogP contribution >= 0.6 is 15.9 Å². The van der Waals surface area contributed by atoms with Gasteiger partial charge < -0.3 is 5.32 Å². The highest BCUT2D eigenvalue weighted by molar-refractivity contribution is 9.09. The van der Waals surface area contributed by atoms with Crippen molar-refractivity contribution in [3.05, 3.63) is 23.0 Å². The van der Waals surface area contributed by atoms with Crippen LogP contribution in [0.3, 0.4) is 0 Å². The predicted octanol–water partition coefficient (Wildman–Crippen LogP) is 2.25. The molecule has 5 heteroatoms. The van der Waals surface area contributed by atoms with Crippen LogP contribution in [0.5, 0.6) is 0 Å². The molecular weight excluding hydrogens is 282 g/mol. The quantitative estimate of drug-likeness (QED) is 0.849. The van der Waals surface area contributed by atoms with Crippen LogP contribution in [0.25, 0.3) is 0 Å². The van der Waals surface area contributed by atoms with Crippen molar-refractivity contribution < 1.29 is 4.79 Å². The van der Waals surface area contributed by atoms with Gasteiger partial charge in [-0.15, -0.1) is 0 Å². The minimum absolute atomic E-state index is 0.0618. The van der Waals surface area contributed by atoms with Gasteiger partial charge in [0.1, 0.15) is 0 Å². The van der Waals surface area contributed by atoms with E-state index in [0.717, 1.165) is 23.1 Å². The molecule has 0 fully saturated rings. The second-order valence-corrected chi connectivity index (χ2v) is 4.84. The number of carbonyl (C=O) groups is 1.